The fraction of sp³-hybridized carbons (Fsp3) is 0.609. The summed E-state index contributed by atoms with van der Waals surface area (Å²) in [6.45, 7) is 5.64. The highest BCUT2D eigenvalue weighted by Gasteiger charge is 2.06. The molecule has 0 radical (unpaired) electrons. The van der Waals surface area contributed by atoms with Crippen molar-refractivity contribution in [2.24, 2.45) is 0 Å². The Hall–Kier alpha value is -1.57. The van der Waals surface area contributed by atoms with E-state index in [0.717, 1.165) is 25.8 Å². The van der Waals surface area contributed by atoms with Crippen molar-refractivity contribution in [1.82, 2.24) is 9.55 Å². The van der Waals surface area contributed by atoms with Crippen molar-refractivity contribution in [2.45, 2.75) is 91.0 Å². The number of benzene rings is 1. The Morgan fingerprint density at radius 1 is 0.800 bits per heavy atom. The number of hydrogen-bond acceptors (Lipinski definition) is 1. The van der Waals surface area contributed by atoms with Crippen molar-refractivity contribution in [1.29, 1.82) is 0 Å². The van der Waals surface area contributed by atoms with Crippen LogP contribution < -0.4 is 0 Å². The van der Waals surface area contributed by atoms with Gasteiger partial charge in [0.25, 0.3) is 0 Å². The third-order valence-electron chi connectivity index (χ3n) is 4.97. The second kappa shape index (κ2) is 11.9. The highest BCUT2D eigenvalue weighted by Crippen LogP contribution is 2.12. The normalized spacial score (nSPS) is 11.1. The molecule has 25 heavy (non-hydrogen) atoms. The average molecular weight is 341 g/mol. The summed E-state index contributed by atoms with van der Waals surface area (Å²) in [6.07, 6.45) is 16.3. The third kappa shape index (κ3) is 7.46. The van der Waals surface area contributed by atoms with Crippen LogP contribution in [0.3, 0.4) is 0 Å². The van der Waals surface area contributed by atoms with Crippen LogP contribution in [0.1, 0.15) is 82.3 Å². The summed E-state index contributed by atoms with van der Waals surface area (Å²) in [7, 11) is 0. The Morgan fingerprint density at radius 2 is 1.52 bits per heavy atom. The lowest BCUT2D eigenvalue weighted by atomic mass is 10.1. The van der Waals surface area contributed by atoms with Crippen molar-refractivity contribution < 1.29 is 0 Å². The summed E-state index contributed by atoms with van der Waals surface area (Å²) >= 11 is 0. The van der Waals surface area contributed by atoms with E-state index in [1.54, 1.807) is 0 Å². The molecule has 0 aliphatic carbocycles. The number of aromatic nitrogens is 2. The molecular formula is C23H36N2. The third-order valence-corrected chi connectivity index (χ3v) is 4.97. The molecule has 0 aliphatic rings. The van der Waals surface area contributed by atoms with Gasteiger partial charge in [0, 0.05) is 19.2 Å². The summed E-state index contributed by atoms with van der Waals surface area (Å²) in [6, 6.07) is 10.8. The zero-order valence-electron chi connectivity index (χ0n) is 16.3. The van der Waals surface area contributed by atoms with Crippen molar-refractivity contribution in [3.8, 4) is 0 Å². The van der Waals surface area contributed by atoms with Gasteiger partial charge in [-0.3, -0.25) is 0 Å². The predicted octanol–water partition coefficient (Wildman–Crippen LogP) is 6.37. The molecule has 2 heteroatoms. The number of rotatable bonds is 13. The fourth-order valence-electron chi connectivity index (χ4n) is 3.47. The van der Waals surface area contributed by atoms with Crippen LogP contribution >= 0.6 is 0 Å². The first-order valence-electron chi connectivity index (χ1n) is 10.4. The zero-order valence-corrected chi connectivity index (χ0v) is 16.3. The summed E-state index contributed by atoms with van der Waals surface area (Å²) in [5.41, 5.74) is 2.71. The largest absolute Gasteiger partial charge is 0.335 e. The van der Waals surface area contributed by atoms with Gasteiger partial charge in [-0.05, 0) is 31.2 Å². The molecule has 0 N–H and O–H groups in total. The molecule has 1 aromatic heterocycles. The molecule has 0 saturated carbocycles. The molecule has 0 spiro atoms. The molecular weight excluding hydrogens is 304 g/mol. The first-order chi connectivity index (χ1) is 12.3. The van der Waals surface area contributed by atoms with Gasteiger partial charge in [0.2, 0.25) is 0 Å². The number of aryl methyl sites for hydroxylation is 4. The minimum absolute atomic E-state index is 1.04. The number of unbranched alkanes of at least 4 members (excludes halogenated alkanes) is 6. The van der Waals surface area contributed by atoms with Crippen LogP contribution in [-0.4, -0.2) is 9.55 Å². The maximum Gasteiger partial charge on any atom is 0.108 e. The molecule has 0 bridgehead atoms. The maximum absolute atomic E-state index is 4.86. The van der Waals surface area contributed by atoms with Crippen molar-refractivity contribution in [3.05, 3.63) is 53.6 Å². The first-order valence-corrected chi connectivity index (χ1v) is 10.4. The standard InChI is InChI=1S/C23H36N2/c1-3-5-6-7-8-9-13-19-25-20-22(24-23(25)4-2)18-14-17-21-15-11-10-12-16-21/h10-12,15-16,20H,3-9,13-14,17-19H2,1-2H3. The van der Waals surface area contributed by atoms with Crippen LogP contribution in [0.5, 0.6) is 0 Å². The van der Waals surface area contributed by atoms with E-state index in [2.05, 4.69) is 54.9 Å². The lowest BCUT2D eigenvalue weighted by molar-refractivity contribution is 0.541. The van der Waals surface area contributed by atoms with Crippen LogP contribution in [0.4, 0.5) is 0 Å². The quantitative estimate of drug-likeness (QED) is 0.387. The minimum atomic E-state index is 1.04. The lowest BCUT2D eigenvalue weighted by Gasteiger charge is -2.06. The Labute approximate surface area is 154 Å². The average Bonchev–Trinajstić information content (AvgIpc) is 3.04. The second-order valence-corrected chi connectivity index (χ2v) is 7.16. The van der Waals surface area contributed by atoms with E-state index in [1.807, 2.05) is 0 Å². The van der Waals surface area contributed by atoms with Gasteiger partial charge < -0.3 is 4.57 Å². The monoisotopic (exact) mass is 340 g/mol. The van der Waals surface area contributed by atoms with Crippen molar-refractivity contribution in [3.63, 3.8) is 0 Å². The molecule has 2 rings (SSSR count). The van der Waals surface area contributed by atoms with Gasteiger partial charge in [0.05, 0.1) is 5.69 Å². The van der Waals surface area contributed by atoms with E-state index in [0.29, 0.717) is 0 Å². The highest BCUT2D eigenvalue weighted by atomic mass is 15.1. The van der Waals surface area contributed by atoms with E-state index in [-0.39, 0.29) is 0 Å². The van der Waals surface area contributed by atoms with Crippen LogP contribution in [-0.2, 0) is 25.8 Å². The Morgan fingerprint density at radius 3 is 2.24 bits per heavy atom. The van der Waals surface area contributed by atoms with Gasteiger partial charge in [0.1, 0.15) is 5.82 Å². The Balaban J connectivity index is 1.70. The smallest absolute Gasteiger partial charge is 0.108 e. The van der Waals surface area contributed by atoms with Crippen LogP contribution in [0.2, 0.25) is 0 Å². The van der Waals surface area contributed by atoms with Gasteiger partial charge in [-0.1, -0.05) is 82.7 Å². The molecule has 2 nitrogen and oxygen atoms in total. The molecule has 1 aromatic carbocycles. The summed E-state index contributed by atoms with van der Waals surface area (Å²) in [5.74, 6) is 1.26. The molecule has 0 fully saturated rings. The van der Waals surface area contributed by atoms with E-state index in [1.165, 1.54) is 68.4 Å². The molecule has 0 atom stereocenters. The Kier molecular flexibility index (Phi) is 9.40. The number of hydrogen-bond donors (Lipinski definition) is 0. The van der Waals surface area contributed by atoms with Gasteiger partial charge in [-0.15, -0.1) is 0 Å². The van der Waals surface area contributed by atoms with Crippen LogP contribution in [0.15, 0.2) is 36.5 Å². The molecule has 0 unspecified atom stereocenters. The fourth-order valence-corrected chi connectivity index (χ4v) is 3.47. The molecule has 138 valence electrons. The first kappa shape index (κ1) is 19.8. The van der Waals surface area contributed by atoms with Gasteiger partial charge in [-0.25, -0.2) is 4.98 Å². The molecule has 1 heterocycles. The predicted molar refractivity (Wildman–Crippen MR) is 108 cm³/mol. The molecule has 0 aliphatic heterocycles. The van der Waals surface area contributed by atoms with Gasteiger partial charge >= 0.3 is 0 Å². The number of imidazole rings is 1. The molecule has 0 saturated heterocycles. The Bertz CT molecular complexity index is 571. The van der Waals surface area contributed by atoms with Crippen LogP contribution in [0.25, 0.3) is 0 Å². The van der Waals surface area contributed by atoms with E-state index >= 15 is 0 Å². The highest BCUT2D eigenvalue weighted by molar-refractivity contribution is 5.15. The van der Waals surface area contributed by atoms with Gasteiger partial charge in [0.15, 0.2) is 0 Å². The minimum Gasteiger partial charge on any atom is -0.335 e. The summed E-state index contributed by atoms with van der Waals surface area (Å²) in [5, 5.41) is 0. The summed E-state index contributed by atoms with van der Waals surface area (Å²) < 4.78 is 2.41. The van der Waals surface area contributed by atoms with E-state index < -0.39 is 0 Å². The zero-order chi connectivity index (χ0) is 17.7. The lowest BCUT2D eigenvalue weighted by Crippen LogP contribution is -2.01. The SMILES string of the molecule is CCCCCCCCCn1cc(CCCc2ccccc2)nc1CC. The van der Waals surface area contributed by atoms with E-state index in [9.17, 15) is 0 Å². The maximum atomic E-state index is 4.86. The molecule has 0 amide bonds. The molecule has 2 aromatic rings. The second-order valence-electron chi connectivity index (χ2n) is 7.16. The topological polar surface area (TPSA) is 17.8 Å². The number of nitrogens with zero attached hydrogens (tertiary/aromatic N) is 2. The van der Waals surface area contributed by atoms with Crippen molar-refractivity contribution in [2.75, 3.05) is 0 Å². The van der Waals surface area contributed by atoms with E-state index in [4.69, 9.17) is 4.98 Å². The van der Waals surface area contributed by atoms with Crippen LogP contribution in [0, 0.1) is 0 Å². The summed E-state index contributed by atoms with van der Waals surface area (Å²) in [4.78, 5) is 4.86. The van der Waals surface area contributed by atoms with Gasteiger partial charge in [-0.2, -0.15) is 0 Å². The van der Waals surface area contributed by atoms with Crippen molar-refractivity contribution >= 4 is 0 Å².